The zero-order valence-electron chi connectivity index (χ0n) is 17.0. The molecule has 0 aromatic heterocycles. The van der Waals surface area contributed by atoms with Gasteiger partial charge >= 0.3 is 0 Å². The second-order valence-electron chi connectivity index (χ2n) is 8.49. The van der Waals surface area contributed by atoms with Crippen LogP contribution < -0.4 is 10.6 Å². The summed E-state index contributed by atoms with van der Waals surface area (Å²) in [5.74, 6) is 0.929. The molecule has 2 saturated heterocycles. The average Bonchev–Trinajstić information content (AvgIpc) is 2.64. The monoisotopic (exact) mass is 404 g/mol. The quantitative estimate of drug-likeness (QED) is 0.434. The fourth-order valence-corrected chi connectivity index (χ4v) is 4.69. The first-order chi connectivity index (χ1) is 12.7. The zero-order valence-corrected chi connectivity index (χ0v) is 17.8. The molecular weight excluding hydrogens is 368 g/mol. The molecule has 0 bridgehead atoms. The third-order valence-electron chi connectivity index (χ3n) is 5.92. The van der Waals surface area contributed by atoms with E-state index in [1.165, 1.54) is 11.8 Å². The SMILES string of the molecule is CSC1OC(C(NC(=O)C2CC(C(C)C)CCN2)C(C)C)C(O)C(O)C1O. The third-order valence-corrected chi connectivity index (χ3v) is 6.78. The molecule has 0 saturated carbocycles. The number of rotatable bonds is 6. The minimum Gasteiger partial charge on any atom is -0.388 e. The van der Waals surface area contributed by atoms with E-state index >= 15 is 0 Å². The minimum atomic E-state index is -1.31. The first kappa shape index (κ1) is 22.9. The van der Waals surface area contributed by atoms with Crippen LogP contribution in [0.25, 0.3) is 0 Å². The highest BCUT2D eigenvalue weighted by Gasteiger charge is 2.47. The zero-order chi connectivity index (χ0) is 20.3. The number of carbonyl (C=O) groups excluding carboxylic acids is 1. The summed E-state index contributed by atoms with van der Waals surface area (Å²) in [6.45, 7) is 9.07. The molecule has 8 heteroatoms. The fraction of sp³-hybridized carbons (Fsp3) is 0.947. The van der Waals surface area contributed by atoms with E-state index in [0.29, 0.717) is 11.8 Å². The normalized spacial score (nSPS) is 38.8. The second kappa shape index (κ2) is 9.89. The number of hydrogen-bond acceptors (Lipinski definition) is 7. The molecule has 2 fully saturated rings. The van der Waals surface area contributed by atoms with Crippen LogP contribution in [0.1, 0.15) is 40.5 Å². The van der Waals surface area contributed by atoms with Crippen molar-refractivity contribution in [1.29, 1.82) is 0 Å². The average molecular weight is 405 g/mol. The van der Waals surface area contributed by atoms with Crippen LogP contribution in [-0.2, 0) is 9.53 Å². The van der Waals surface area contributed by atoms with Crippen molar-refractivity contribution < 1.29 is 24.9 Å². The van der Waals surface area contributed by atoms with Crippen LogP contribution in [0, 0.1) is 17.8 Å². The number of hydrogen-bond donors (Lipinski definition) is 5. The second-order valence-corrected chi connectivity index (χ2v) is 9.43. The standard InChI is InChI=1S/C19H36N2O5S/c1-9(2)11-6-7-20-12(8-11)18(25)21-13(10(3)4)17-15(23)14(22)16(24)19(26-17)27-5/h9-17,19-20,22-24H,6-8H2,1-5H3,(H,21,25). The van der Waals surface area contributed by atoms with Crippen molar-refractivity contribution in [2.75, 3.05) is 12.8 Å². The van der Waals surface area contributed by atoms with Crippen LogP contribution in [0.2, 0.25) is 0 Å². The third kappa shape index (κ3) is 5.36. The maximum Gasteiger partial charge on any atom is 0.237 e. The van der Waals surface area contributed by atoms with Gasteiger partial charge in [-0.2, -0.15) is 0 Å². The molecule has 7 nitrogen and oxygen atoms in total. The Balaban J connectivity index is 2.09. The van der Waals surface area contributed by atoms with Gasteiger partial charge in [0.25, 0.3) is 0 Å². The van der Waals surface area contributed by atoms with E-state index in [1.54, 1.807) is 6.26 Å². The van der Waals surface area contributed by atoms with E-state index in [4.69, 9.17) is 4.74 Å². The number of carbonyl (C=O) groups is 1. The molecule has 5 N–H and O–H groups in total. The van der Waals surface area contributed by atoms with Crippen molar-refractivity contribution in [1.82, 2.24) is 10.6 Å². The van der Waals surface area contributed by atoms with Gasteiger partial charge in [-0.3, -0.25) is 4.79 Å². The van der Waals surface area contributed by atoms with Gasteiger partial charge in [0.1, 0.15) is 29.9 Å². The highest BCUT2D eigenvalue weighted by atomic mass is 32.2. The molecule has 0 aromatic carbocycles. The summed E-state index contributed by atoms with van der Waals surface area (Å²) in [5.41, 5.74) is -0.648. The van der Waals surface area contributed by atoms with Gasteiger partial charge in [-0.15, -0.1) is 11.8 Å². The lowest BCUT2D eigenvalue weighted by Gasteiger charge is -2.44. The summed E-state index contributed by atoms with van der Waals surface area (Å²) >= 11 is 1.27. The Labute approximate surface area is 166 Å². The summed E-state index contributed by atoms with van der Waals surface area (Å²) in [5, 5.41) is 37.1. The molecule has 0 spiro atoms. The molecule has 0 aromatic rings. The van der Waals surface area contributed by atoms with E-state index < -0.39 is 35.9 Å². The van der Waals surface area contributed by atoms with Gasteiger partial charge in [-0.1, -0.05) is 27.7 Å². The number of amides is 1. The van der Waals surface area contributed by atoms with Gasteiger partial charge in [-0.05, 0) is 43.4 Å². The van der Waals surface area contributed by atoms with Crippen molar-refractivity contribution in [2.45, 2.75) is 82.5 Å². The molecule has 2 aliphatic rings. The Morgan fingerprint density at radius 2 is 1.81 bits per heavy atom. The summed E-state index contributed by atoms with van der Waals surface area (Å²) in [4.78, 5) is 12.9. The molecule has 2 heterocycles. The van der Waals surface area contributed by atoms with Gasteiger partial charge in [0.2, 0.25) is 5.91 Å². The molecule has 2 rings (SSSR count). The number of aliphatic hydroxyl groups is 3. The predicted molar refractivity (Wildman–Crippen MR) is 106 cm³/mol. The largest absolute Gasteiger partial charge is 0.388 e. The Kier molecular flexibility index (Phi) is 8.39. The molecule has 1 amide bonds. The molecular formula is C19H36N2O5S. The molecule has 0 aliphatic carbocycles. The Hall–Kier alpha value is -0.380. The van der Waals surface area contributed by atoms with Crippen LogP contribution in [0.5, 0.6) is 0 Å². The molecule has 0 radical (unpaired) electrons. The highest BCUT2D eigenvalue weighted by Crippen LogP contribution is 2.31. The highest BCUT2D eigenvalue weighted by molar-refractivity contribution is 7.99. The first-order valence-corrected chi connectivity index (χ1v) is 11.2. The molecule has 8 unspecified atom stereocenters. The summed E-state index contributed by atoms with van der Waals surface area (Å²) in [7, 11) is 0. The summed E-state index contributed by atoms with van der Waals surface area (Å²) in [6, 6.07) is -0.731. The molecule has 158 valence electrons. The van der Waals surface area contributed by atoms with Crippen molar-refractivity contribution in [2.24, 2.45) is 17.8 Å². The van der Waals surface area contributed by atoms with Gasteiger partial charge in [0.15, 0.2) is 0 Å². The van der Waals surface area contributed by atoms with Gasteiger partial charge < -0.3 is 30.7 Å². The Morgan fingerprint density at radius 3 is 2.37 bits per heavy atom. The maximum absolute atomic E-state index is 12.9. The van der Waals surface area contributed by atoms with E-state index in [-0.39, 0.29) is 17.9 Å². The lowest BCUT2D eigenvalue weighted by atomic mass is 9.83. The van der Waals surface area contributed by atoms with Crippen molar-refractivity contribution in [3.63, 3.8) is 0 Å². The predicted octanol–water partition coefficient (Wildman–Crippen LogP) is 0.322. The number of thioether (sulfide) groups is 1. The van der Waals surface area contributed by atoms with Gasteiger partial charge in [-0.25, -0.2) is 0 Å². The smallest absolute Gasteiger partial charge is 0.237 e. The maximum atomic E-state index is 12.9. The number of nitrogens with one attached hydrogen (secondary N) is 2. The van der Waals surface area contributed by atoms with Crippen LogP contribution >= 0.6 is 11.8 Å². The van der Waals surface area contributed by atoms with E-state index in [2.05, 4.69) is 24.5 Å². The van der Waals surface area contributed by atoms with Crippen molar-refractivity contribution >= 4 is 17.7 Å². The van der Waals surface area contributed by atoms with Gasteiger partial charge in [0, 0.05) is 0 Å². The van der Waals surface area contributed by atoms with E-state index in [9.17, 15) is 20.1 Å². The first-order valence-electron chi connectivity index (χ1n) is 9.93. The Bertz CT molecular complexity index is 491. The lowest BCUT2D eigenvalue weighted by Crippen LogP contribution is -2.65. The number of piperidine rings is 1. The lowest BCUT2D eigenvalue weighted by molar-refractivity contribution is -0.208. The van der Waals surface area contributed by atoms with E-state index in [1.807, 2.05) is 13.8 Å². The fourth-order valence-electron chi connectivity index (χ4n) is 4.01. The molecule has 2 aliphatic heterocycles. The van der Waals surface area contributed by atoms with Crippen LogP contribution in [0.15, 0.2) is 0 Å². The summed E-state index contributed by atoms with van der Waals surface area (Å²) < 4.78 is 5.87. The van der Waals surface area contributed by atoms with Crippen LogP contribution in [0.3, 0.4) is 0 Å². The molecule has 27 heavy (non-hydrogen) atoms. The van der Waals surface area contributed by atoms with Gasteiger partial charge in [0.05, 0.1) is 12.1 Å². The summed E-state index contributed by atoms with van der Waals surface area (Å²) in [6.07, 6.45) is -0.890. The van der Waals surface area contributed by atoms with Crippen LogP contribution in [0.4, 0.5) is 0 Å². The number of aliphatic hydroxyl groups excluding tert-OH is 3. The van der Waals surface area contributed by atoms with Crippen molar-refractivity contribution in [3.8, 4) is 0 Å². The Morgan fingerprint density at radius 1 is 1.15 bits per heavy atom. The topological polar surface area (TPSA) is 111 Å². The minimum absolute atomic E-state index is 0.0111. The molecule has 8 atom stereocenters. The van der Waals surface area contributed by atoms with Crippen LogP contribution in [-0.4, -0.2) is 76.0 Å². The number of ether oxygens (including phenoxy) is 1. The van der Waals surface area contributed by atoms with Crippen molar-refractivity contribution in [3.05, 3.63) is 0 Å². The van der Waals surface area contributed by atoms with E-state index in [0.717, 1.165) is 19.4 Å².